The lowest BCUT2D eigenvalue weighted by Crippen LogP contribution is -2.33. The van der Waals surface area contributed by atoms with Gasteiger partial charge in [-0.05, 0) is 40.7 Å². The van der Waals surface area contributed by atoms with E-state index in [2.05, 4.69) is 12.2 Å². The molecule has 0 saturated carbocycles. The molecule has 1 rings (SSSR count). The van der Waals surface area contributed by atoms with E-state index in [0.29, 0.717) is 24.1 Å². The molecule has 0 aromatic carbocycles. The topological polar surface area (TPSA) is 84.9 Å². The molecule has 1 aliphatic rings. The second-order valence-corrected chi connectivity index (χ2v) is 6.13. The average molecular weight is 314 g/mol. The Labute approximate surface area is 131 Å². The fraction of sp³-hybridized carbons (Fsp3) is 0.800. The zero-order valence-corrected chi connectivity index (χ0v) is 13.8. The van der Waals surface area contributed by atoms with E-state index >= 15 is 0 Å². The van der Waals surface area contributed by atoms with Crippen molar-refractivity contribution in [2.75, 3.05) is 13.7 Å². The smallest absolute Gasteiger partial charge is 0.333 e. The minimum absolute atomic E-state index is 0.0889. The number of carbonyl (C=O) groups excluding carboxylic acids is 3. The minimum Gasteiger partial charge on any atom is -0.376 e. The Hall–Kier alpha value is -1.47. The van der Waals surface area contributed by atoms with Crippen molar-refractivity contribution in [2.24, 2.45) is 0 Å². The van der Waals surface area contributed by atoms with Crippen molar-refractivity contribution in [3.8, 4) is 0 Å². The highest BCUT2D eigenvalue weighted by Gasteiger charge is 2.33. The zero-order chi connectivity index (χ0) is 16.8. The van der Waals surface area contributed by atoms with Gasteiger partial charge in [0.2, 0.25) is 0 Å². The number of nitrogens with zero attached hydrogens (tertiary/aromatic N) is 1. The van der Waals surface area contributed by atoms with E-state index in [1.165, 1.54) is 0 Å². The van der Waals surface area contributed by atoms with Crippen LogP contribution in [0, 0.1) is 0 Å². The van der Waals surface area contributed by atoms with Crippen LogP contribution in [0.1, 0.15) is 52.9 Å². The molecule has 0 aromatic rings. The van der Waals surface area contributed by atoms with Crippen LogP contribution in [0.2, 0.25) is 0 Å². The number of hydrogen-bond acceptors (Lipinski definition) is 6. The zero-order valence-electron chi connectivity index (χ0n) is 13.8. The van der Waals surface area contributed by atoms with E-state index in [-0.39, 0.29) is 19.3 Å². The third kappa shape index (κ3) is 6.11. The van der Waals surface area contributed by atoms with Crippen molar-refractivity contribution in [1.82, 2.24) is 10.4 Å². The molecule has 7 nitrogen and oxygen atoms in total. The molecule has 1 fully saturated rings. The fourth-order valence-electron chi connectivity index (χ4n) is 1.94. The molecule has 1 atom stereocenters. The summed E-state index contributed by atoms with van der Waals surface area (Å²) in [4.78, 5) is 39.3. The van der Waals surface area contributed by atoms with Gasteiger partial charge in [0.15, 0.2) is 0 Å². The first-order chi connectivity index (χ1) is 10.2. The number of nitrogens with one attached hydrogen (secondary N) is 1. The Balaban J connectivity index is 2.29. The number of hydrogen-bond donors (Lipinski definition) is 1. The van der Waals surface area contributed by atoms with Gasteiger partial charge in [-0.3, -0.25) is 9.59 Å². The predicted molar refractivity (Wildman–Crippen MR) is 79.6 cm³/mol. The van der Waals surface area contributed by atoms with Crippen molar-refractivity contribution >= 4 is 17.8 Å². The summed E-state index contributed by atoms with van der Waals surface area (Å²) in [5.41, 5.74) is -0.467. The molecular weight excluding hydrogens is 288 g/mol. The summed E-state index contributed by atoms with van der Waals surface area (Å²) in [7, 11) is 1.90. The van der Waals surface area contributed by atoms with Crippen molar-refractivity contribution < 1.29 is 24.0 Å². The van der Waals surface area contributed by atoms with E-state index in [1.807, 2.05) is 20.9 Å². The molecule has 7 heteroatoms. The molecular formula is C15H26N2O5. The quantitative estimate of drug-likeness (QED) is 0.643. The Bertz CT molecular complexity index is 406. The van der Waals surface area contributed by atoms with Crippen molar-refractivity contribution in [2.45, 2.75) is 64.5 Å². The van der Waals surface area contributed by atoms with Crippen LogP contribution in [0.25, 0.3) is 0 Å². The van der Waals surface area contributed by atoms with E-state index in [9.17, 15) is 14.4 Å². The average Bonchev–Trinajstić information content (AvgIpc) is 2.76. The highest BCUT2D eigenvalue weighted by molar-refractivity contribution is 6.01. The van der Waals surface area contributed by atoms with E-state index < -0.39 is 23.4 Å². The lowest BCUT2D eigenvalue weighted by molar-refractivity contribution is -0.198. The number of hydroxylamine groups is 2. The van der Waals surface area contributed by atoms with Gasteiger partial charge < -0.3 is 14.9 Å². The third-order valence-electron chi connectivity index (χ3n) is 3.67. The molecule has 1 saturated heterocycles. The molecule has 1 heterocycles. The molecule has 1 unspecified atom stereocenters. The van der Waals surface area contributed by atoms with Crippen LogP contribution in [-0.4, -0.2) is 48.1 Å². The van der Waals surface area contributed by atoms with E-state index in [1.54, 1.807) is 0 Å². The van der Waals surface area contributed by atoms with Crippen molar-refractivity contribution in [1.29, 1.82) is 0 Å². The molecule has 0 bridgehead atoms. The molecule has 126 valence electrons. The van der Waals surface area contributed by atoms with Gasteiger partial charge in [0.05, 0.1) is 12.0 Å². The summed E-state index contributed by atoms with van der Waals surface area (Å²) in [5.74, 6) is -1.52. The van der Waals surface area contributed by atoms with Gasteiger partial charge >= 0.3 is 5.97 Å². The molecule has 0 aliphatic carbocycles. The normalized spacial score (nSPS) is 17.0. The number of amides is 2. The molecule has 2 amide bonds. The summed E-state index contributed by atoms with van der Waals surface area (Å²) < 4.78 is 5.77. The molecule has 0 radical (unpaired) electrons. The van der Waals surface area contributed by atoms with Crippen LogP contribution in [-0.2, 0) is 24.0 Å². The van der Waals surface area contributed by atoms with Gasteiger partial charge in [0.1, 0.15) is 0 Å². The van der Waals surface area contributed by atoms with Gasteiger partial charge in [0.25, 0.3) is 11.8 Å². The van der Waals surface area contributed by atoms with Gasteiger partial charge in [-0.25, -0.2) is 4.79 Å². The predicted octanol–water partition coefficient (Wildman–Crippen LogP) is 1.17. The van der Waals surface area contributed by atoms with Crippen molar-refractivity contribution in [3.05, 3.63) is 0 Å². The van der Waals surface area contributed by atoms with Crippen LogP contribution in [0.4, 0.5) is 0 Å². The maximum Gasteiger partial charge on any atom is 0.333 e. The van der Waals surface area contributed by atoms with Gasteiger partial charge in [0, 0.05) is 25.5 Å². The molecule has 1 aliphatic heterocycles. The summed E-state index contributed by atoms with van der Waals surface area (Å²) in [5, 5.41) is 3.70. The molecule has 0 aromatic heterocycles. The molecule has 0 spiro atoms. The second-order valence-electron chi connectivity index (χ2n) is 6.13. The van der Waals surface area contributed by atoms with E-state index in [4.69, 9.17) is 9.57 Å². The standard InChI is InChI=1S/C15H26N2O5/c1-11(16-4)8-10-21-15(2,3)9-7-14(20)22-17-12(18)5-6-13(17)19/h11,16H,5-10H2,1-4H3. The van der Waals surface area contributed by atoms with Gasteiger partial charge in [-0.1, -0.05) is 0 Å². The summed E-state index contributed by atoms with van der Waals surface area (Å²) in [6, 6.07) is 0.368. The first kappa shape index (κ1) is 18.6. The fourth-order valence-corrected chi connectivity index (χ4v) is 1.94. The molecule has 22 heavy (non-hydrogen) atoms. The van der Waals surface area contributed by atoms with Crippen molar-refractivity contribution in [3.63, 3.8) is 0 Å². The van der Waals surface area contributed by atoms with Crippen LogP contribution in [0.15, 0.2) is 0 Å². The summed E-state index contributed by atoms with van der Waals surface area (Å²) in [6.45, 7) is 6.46. The lowest BCUT2D eigenvalue weighted by Gasteiger charge is -2.26. The number of carbonyl (C=O) groups is 3. The van der Waals surface area contributed by atoms with Crippen LogP contribution in [0.5, 0.6) is 0 Å². The maximum absolute atomic E-state index is 11.7. The maximum atomic E-state index is 11.7. The van der Waals surface area contributed by atoms with Crippen LogP contribution >= 0.6 is 0 Å². The highest BCUT2D eigenvalue weighted by atomic mass is 16.7. The monoisotopic (exact) mass is 314 g/mol. The highest BCUT2D eigenvalue weighted by Crippen LogP contribution is 2.19. The Morgan fingerprint density at radius 2 is 1.91 bits per heavy atom. The summed E-state index contributed by atoms with van der Waals surface area (Å²) in [6.07, 6.45) is 1.62. The Morgan fingerprint density at radius 3 is 2.45 bits per heavy atom. The summed E-state index contributed by atoms with van der Waals surface area (Å²) >= 11 is 0. The van der Waals surface area contributed by atoms with Gasteiger partial charge in [-0.2, -0.15) is 0 Å². The first-order valence-corrected chi connectivity index (χ1v) is 7.63. The number of ether oxygens (including phenoxy) is 1. The number of imide groups is 1. The first-order valence-electron chi connectivity index (χ1n) is 7.63. The largest absolute Gasteiger partial charge is 0.376 e. The second kappa shape index (κ2) is 8.24. The third-order valence-corrected chi connectivity index (χ3v) is 3.67. The van der Waals surface area contributed by atoms with Crippen LogP contribution in [0.3, 0.4) is 0 Å². The SMILES string of the molecule is CNC(C)CCOC(C)(C)CCC(=O)ON1C(=O)CCC1=O. The molecule has 1 N–H and O–H groups in total. The Kier molecular flexibility index (Phi) is 6.96. The lowest BCUT2D eigenvalue weighted by atomic mass is 10.0. The van der Waals surface area contributed by atoms with Crippen LogP contribution < -0.4 is 5.32 Å². The van der Waals surface area contributed by atoms with E-state index in [0.717, 1.165) is 6.42 Å². The Morgan fingerprint density at radius 1 is 1.32 bits per heavy atom. The number of rotatable bonds is 9. The minimum atomic E-state index is -0.594. The van der Waals surface area contributed by atoms with Gasteiger partial charge in [-0.15, -0.1) is 5.06 Å².